The van der Waals surface area contributed by atoms with Crippen LogP contribution in [-0.4, -0.2) is 46.3 Å². The lowest BCUT2D eigenvalue weighted by atomic mass is 10.0. The number of carbonyl (C=O) groups is 2. The Kier molecular flexibility index (Phi) is 4.83. The molecule has 0 N–H and O–H groups in total. The summed E-state index contributed by atoms with van der Waals surface area (Å²) in [6.07, 6.45) is 3.71. The average molecular weight is 345 g/mol. The highest BCUT2D eigenvalue weighted by atomic mass is 19.1. The molecule has 2 heterocycles. The lowest BCUT2D eigenvalue weighted by Gasteiger charge is -2.33. The smallest absolute Gasteiger partial charge is 0.328 e. The van der Waals surface area contributed by atoms with Crippen LogP contribution in [0, 0.1) is 12.7 Å². The molecule has 0 spiro atoms. The molecular weight excluding hydrogens is 325 g/mol. The van der Waals surface area contributed by atoms with Crippen LogP contribution >= 0.6 is 0 Å². The minimum absolute atomic E-state index is 0.280. The number of rotatable bonds is 3. The Hall–Kier alpha value is -2.70. The summed E-state index contributed by atoms with van der Waals surface area (Å²) >= 11 is 0. The Balaban J connectivity index is 1.93. The van der Waals surface area contributed by atoms with Gasteiger partial charge in [0.2, 0.25) is 0 Å². The lowest BCUT2D eigenvalue weighted by molar-refractivity contribution is -0.147. The normalized spacial score (nSPS) is 17.4. The number of carbonyl (C=O) groups excluding carboxylic acids is 2. The molecule has 132 valence electrons. The summed E-state index contributed by atoms with van der Waals surface area (Å²) in [6.45, 7) is 2.20. The Morgan fingerprint density at radius 2 is 2.04 bits per heavy atom. The number of likely N-dealkylation sites (tertiary alicyclic amines) is 1. The van der Waals surface area contributed by atoms with Gasteiger partial charge < -0.3 is 9.64 Å². The minimum atomic E-state index is -0.581. The summed E-state index contributed by atoms with van der Waals surface area (Å²) in [6, 6.07) is 5.66. The summed E-state index contributed by atoms with van der Waals surface area (Å²) in [5, 5.41) is 4.17. The van der Waals surface area contributed by atoms with E-state index in [-0.39, 0.29) is 11.6 Å². The summed E-state index contributed by atoms with van der Waals surface area (Å²) in [4.78, 5) is 26.5. The first-order valence-electron chi connectivity index (χ1n) is 8.23. The number of hydrogen-bond acceptors (Lipinski definition) is 4. The van der Waals surface area contributed by atoms with Crippen LogP contribution in [0.1, 0.15) is 35.3 Å². The van der Waals surface area contributed by atoms with Gasteiger partial charge in [0, 0.05) is 6.54 Å². The number of piperidine rings is 1. The van der Waals surface area contributed by atoms with Gasteiger partial charge in [0.05, 0.1) is 24.6 Å². The van der Waals surface area contributed by atoms with Crippen molar-refractivity contribution in [3.8, 4) is 5.69 Å². The van der Waals surface area contributed by atoms with Crippen molar-refractivity contribution < 1.29 is 18.7 Å². The van der Waals surface area contributed by atoms with Gasteiger partial charge in [-0.3, -0.25) is 4.79 Å². The SMILES string of the molecule is COC(=O)C1CCCCN1C(=O)c1cnn(-c2ccccc2F)c1C. The van der Waals surface area contributed by atoms with Crippen molar-refractivity contribution in [2.24, 2.45) is 0 Å². The van der Waals surface area contributed by atoms with Gasteiger partial charge in [-0.1, -0.05) is 12.1 Å². The average Bonchev–Trinajstić information content (AvgIpc) is 3.02. The van der Waals surface area contributed by atoms with Crippen molar-refractivity contribution in [3.63, 3.8) is 0 Å². The number of halogens is 1. The van der Waals surface area contributed by atoms with Crippen molar-refractivity contribution in [1.82, 2.24) is 14.7 Å². The van der Waals surface area contributed by atoms with Crippen molar-refractivity contribution >= 4 is 11.9 Å². The molecule has 1 aromatic carbocycles. The van der Waals surface area contributed by atoms with Crippen molar-refractivity contribution in [3.05, 3.63) is 47.5 Å². The zero-order valence-corrected chi connectivity index (χ0v) is 14.2. The molecule has 2 aromatic rings. The zero-order valence-electron chi connectivity index (χ0n) is 14.2. The molecule has 1 unspecified atom stereocenters. The van der Waals surface area contributed by atoms with Crippen LogP contribution in [0.25, 0.3) is 5.69 Å². The highest BCUT2D eigenvalue weighted by Gasteiger charge is 2.34. The van der Waals surface area contributed by atoms with E-state index in [0.29, 0.717) is 24.2 Å². The quantitative estimate of drug-likeness (QED) is 0.802. The predicted molar refractivity (Wildman–Crippen MR) is 89.0 cm³/mol. The maximum Gasteiger partial charge on any atom is 0.328 e. The number of methoxy groups -OCH3 is 1. The molecule has 1 atom stereocenters. The molecule has 0 aliphatic carbocycles. The highest BCUT2D eigenvalue weighted by Crippen LogP contribution is 2.23. The molecule has 1 aliphatic heterocycles. The van der Waals surface area contributed by atoms with Gasteiger partial charge in [-0.15, -0.1) is 0 Å². The molecule has 3 rings (SSSR count). The molecule has 1 amide bonds. The number of ether oxygens (including phenoxy) is 1. The maximum absolute atomic E-state index is 14.0. The monoisotopic (exact) mass is 345 g/mol. The molecule has 0 bridgehead atoms. The second-order valence-corrected chi connectivity index (χ2v) is 6.04. The van der Waals surface area contributed by atoms with Crippen LogP contribution in [0.2, 0.25) is 0 Å². The third kappa shape index (κ3) is 3.14. The number of aromatic nitrogens is 2. The standard InChI is InChI=1S/C18H20FN3O3/c1-12-13(11-20-22(12)15-8-4-3-7-14(15)19)17(23)21-10-6-5-9-16(21)18(24)25-2/h3-4,7-8,11,16H,5-6,9-10H2,1-2H3. The third-order valence-corrected chi connectivity index (χ3v) is 4.56. The van der Waals surface area contributed by atoms with Crippen LogP contribution in [-0.2, 0) is 9.53 Å². The second kappa shape index (κ2) is 7.04. The van der Waals surface area contributed by atoms with Crippen molar-refractivity contribution in [1.29, 1.82) is 0 Å². The van der Waals surface area contributed by atoms with E-state index in [1.807, 2.05) is 0 Å². The van der Waals surface area contributed by atoms with E-state index >= 15 is 0 Å². The first kappa shape index (κ1) is 17.1. The molecule has 1 aromatic heterocycles. The number of hydrogen-bond donors (Lipinski definition) is 0. The number of para-hydroxylation sites is 1. The number of benzene rings is 1. The zero-order chi connectivity index (χ0) is 18.0. The van der Waals surface area contributed by atoms with Crippen molar-refractivity contribution in [2.45, 2.75) is 32.2 Å². The fourth-order valence-electron chi connectivity index (χ4n) is 3.20. The van der Waals surface area contributed by atoms with Gasteiger partial charge in [0.15, 0.2) is 0 Å². The summed E-state index contributed by atoms with van der Waals surface area (Å²) in [7, 11) is 1.32. The molecule has 6 nitrogen and oxygen atoms in total. The minimum Gasteiger partial charge on any atom is -0.467 e. The van der Waals surface area contributed by atoms with Gasteiger partial charge in [-0.2, -0.15) is 5.10 Å². The Bertz CT molecular complexity index is 803. The van der Waals surface area contributed by atoms with E-state index < -0.39 is 17.8 Å². The lowest BCUT2D eigenvalue weighted by Crippen LogP contribution is -2.48. The van der Waals surface area contributed by atoms with Crippen LogP contribution in [0.3, 0.4) is 0 Å². The molecule has 25 heavy (non-hydrogen) atoms. The summed E-state index contributed by atoms with van der Waals surface area (Å²) in [5.74, 6) is -1.11. The van der Waals surface area contributed by atoms with Gasteiger partial charge in [-0.05, 0) is 38.3 Å². The number of nitrogens with zero attached hydrogens (tertiary/aromatic N) is 3. The van der Waals surface area contributed by atoms with Crippen LogP contribution in [0.15, 0.2) is 30.5 Å². The highest BCUT2D eigenvalue weighted by molar-refractivity contribution is 5.97. The van der Waals surface area contributed by atoms with Crippen LogP contribution in [0.5, 0.6) is 0 Å². The van der Waals surface area contributed by atoms with E-state index in [1.54, 1.807) is 25.1 Å². The fraction of sp³-hybridized carbons (Fsp3) is 0.389. The van der Waals surface area contributed by atoms with Crippen LogP contribution in [0.4, 0.5) is 4.39 Å². The van der Waals surface area contributed by atoms with Gasteiger partial charge in [-0.25, -0.2) is 13.9 Å². The van der Waals surface area contributed by atoms with E-state index in [1.165, 1.54) is 29.0 Å². The Labute approximate surface area is 145 Å². The van der Waals surface area contributed by atoms with E-state index in [9.17, 15) is 14.0 Å². The largest absolute Gasteiger partial charge is 0.467 e. The summed E-state index contributed by atoms with van der Waals surface area (Å²) < 4.78 is 20.2. The molecular formula is C18H20FN3O3. The molecule has 0 radical (unpaired) electrons. The van der Waals surface area contributed by atoms with Gasteiger partial charge >= 0.3 is 5.97 Å². The van der Waals surface area contributed by atoms with Crippen molar-refractivity contribution in [2.75, 3.05) is 13.7 Å². The van der Waals surface area contributed by atoms with E-state index in [0.717, 1.165) is 12.8 Å². The second-order valence-electron chi connectivity index (χ2n) is 6.04. The molecule has 0 saturated carbocycles. The first-order valence-corrected chi connectivity index (χ1v) is 8.23. The Morgan fingerprint density at radius 3 is 2.76 bits per heavy atom. The van der Waals surface area contributed by atoms with Crippen LogP contribution < -0.4 is 0 Å². The fourth-order valence-corrected chi connectivity index (χ4v) is 3.20. The topological polar surface area (TPSA) is 64.4 Å². The Morgan fingerprint density at radius 1 is 1.28 bits per heavy atom. The van der Waals surface area contributed by atoms with E-state index in [2.05, 4.69) is 5.10 Å². The molecule has 1 saturated heterocycles. The van der Waals surface area contributed by atoms with E-state index in [4.69, 9.17) is 4.74 Å². The third-order valence-electron chi connectivity index (χ3n) is 4.56. The number of esters is 1. The first-order chi connectivity index (χ1) is 12.0. The molecule has 1 fully saturated rings. The predicted octanol–water partition coefficient (Wildman–Crippen LogP) is 2.49. The number of amides is 1. The van der Waals surface area contributed by atoms with Gasteiger partial charge in [0.25, 0.3) is 5.91 Å². The maximum atomic E-state index is 14.0. The van der Waals surface area contributed by atoms with Gasteiger partial charge in [0.1, 0.15) is 17.5 Å². The summed E-state index contributed by atoms with van der Waals surface area (Å²) in [5.41, 5.74) is 1.17. The molecule has 7 heteroatoms. The molecule has 1 aliphatic rings.